The summed E-state index contributed by atoms with van der Waals surface area (Å²) in [5.41, 5.74) is 0.657. The molecule has 1 rings (SSSR count). The van der Waals surface area contributed by atoms with Crippen LogP contribution in [0.4, 0.5) is 5.69 Å². The maximum atomic E-state index is 12.0. The van der Waals surface area contributed by atoms with Crippen LogP contribution in [0.1, 0.15) is 26.7 Å². The summed E-state index contributed by atoms with van der Waals surface area (Å²) in [7, 11) is 1.30. The largest absolute Gasteiger partial charge is 0.482 e. The fraction of sp³-hybridized carbons (Fsp3) is 0.467. The summed E-state index contributed by atoms with van der Waals surface area (Å²) < 4.78 is 9.76. The first-order valence-electron chi connectivity index (χ1n) is 6.71. The Kier molecular flexibility index (Phi) is 6.56. The zero-order chi connectivity index (χ0) is 15.0. The molecule has 5 heteroatoms. The minimum Gasteiger partial charge on any atom is -0.482 e. The highest BCUT2D eigenvalue weighted by molar-refractivity contribution is 5.92. The standard InChI is InChI=1S/C15H21NO4/c1-4-11(5-2)15(18)16-12-7-6-8-13(9-12)20-10-14(17)19-3/h6-9,11H,4-5,10H2,1-3H3,(H,16,18). The Bertz CT molecular complexity index is 455. The molecule has 0 heterocycles. The Morgan fingerprint density at radius 3 is 2.55 bits per heavy atom. The first kappa shape index (κ1) is 16.0. The zero-order valence-electron chi connectivity index (χ0n) is 12.1. The molecule has 0 radical (unpaired) electrons. The van der Waals surface area contributed by atoms with E-state index in [9.17, 15) is 9.59 Å². The molecule has 0 aliphatic heterocycles. The third-order valence-corrected chi connectivity index (χ3v) is 3.04. The van der Waals surface area contributed by atoms with Gasteiger partial charge in [0.25, 0.3) is 0 Å². The number of ether oxygens (including phenoxy) is 2. The van der Waals surface area contributed by atoms with E-state index in [1.54, 1.807) is 24.3 Å². The quantitative estimate of drug-likeness (QED) is 0.779. The maximum absolute atomic E-state index is 12.0. The van der Waals surface area contributed by atoms with Crippen LogP contribution in [0.5, 0.6) is 5.75 Å². The van der Waals surface area contributed by atoms with Crippen molar-refractivity contribution in [3.8, 4) is 5.75 Å². The molecule has 0 atom stereocenters. The smallest absolute Gasteiger partial charge is 0.343 e. The van der Waals surface area contributed by atoms with Gasteiger partial charge in [-0.1, -0.05) is 19.9 Å². The number of carbonyl (C=O) groups is 2. The van der Waals surface area contributed by atoms with Crippen molar-refractivity contribution in [2.24, 2.45) is 5.92 Å². The number of amides is 1. The molecule has 1 amide bonds. The van der Waals surface area contributed by atoms with Gasteiger partial charge >= 0.3 is 5.97 Å². The summed E-state index contributed by atoms with van der Waals surface area (Å²) in [6, 6.07) is 6.94. The summed E-state index contributed by atoms with van der Waals surface area (Å²) in [6.45, 7) is 3.83. The van der Waals surface area contributed by atoms with Crippen molar-refractivity contribution in [2.45, 2.75) is 26.7 Å². The molecule has 0 saturated carbocycles. The molecule has 1 N–H and O–H groups in total. The lowest BCUT2D eigenvalue weighted by molar-refractivity contribution is -0.142. The fourth-order valence-corrected chi connectivity index (χ4v) is 1.77. The van der Waals surface area contributed by atoms with Gasteiger partial charge in [0.15, 0.2) is 6.61 Å². The first-order valence-corrected chi connectivity index (χ1v) is 6.71. The SMILES string of the molecule is CCC(CC)C(=O)Nc1cccc(OCC(=O)OC)c1. The summed E-state index contributed by atoms with van der Waals surface area (Å²) in [6.07, 6.45) is 1.61. The van der Waals surface area contributed by atoms with Gasteiger partial charge in [0.05, 0.1) is 7.11 Å². The van der Waals surface area contributed by atoms with Crippen molar-refractivity contribution in [3.05, 3.63) is 24.3 Å². The minimum absolute atomic E-state index is 0.000109. The van der Waals surface area contributed by atoms with Crippen molar-refractivity contribution in [1.82, 2.24) is 0 Å². The molecule has 0 saturated heterocycles. The first-order chi connectivity index (χ1) is 9.60. The lowest BCUT2D eigenvalue weighted by atomic mass is 10.0. The zero-order valence-corrected chi connectivity index (χ0v) is 12.1. The highest BCUT2D eigenvalue weighted by Gasteiger charge is 2.14. The monoisotopic (exact) mass is 279 g/mol. The Morgan fingerprint density at radius 1 is 1.25 bits per heavy atom. The van der Waals surface area contributed by atoms with E-state index in [1.807, 2.05) is 13.8 Å². The summed E-state index contributed by atoms with van der Waals surface area (Å²) in [5.74, 6) is 0.0731. The van der Waals surface area contributed by atoms with Crippen LogP contribution in [-0.4, -0.2) is 25.6 Å². The van der Waals surface area contributed by atoms with Crippen LogP contribution in [0.15, 0.2) is 24.3 Å². The van der Waals surface area contributed by atoms with Crippen LogP contribution >= 0.6 is 0 Å². The Labute approximate surface area is 119 Å². The maximum Gasteiger partial charge on any atom is 0.343 e. The number of anilines is 1. The molecule has 1 aromatic rings. The average Bonchev–Trinajstić information content (AvgIpc) is 2.46. The number of esters is 1. The van der Waals surface area contributed by atoms with E-state index < -0.39 is 5.97 Å². The van der Waals surface area contributed by atoms with Gasteiger partial charge in [0.1, 0.15) is 5.75 Å². The topological polar surface area (TPSA) is 64.6 Å². The second kappa shape index (κ2) is 8.19. The normalized spacial score (nSPS) is 10.2. The molecule has 0 fully saturated rings. The number of hydrogen-bond acceptors (Lipinski definition) is 4. The van der Waals surface area contributed by atoms with Gasteiger partial charge in [-0.2, -0.15) is 0 Å². The summed E-state index contributed by atoms with van der Waals surface area (Å²) in [4.78, 5) is 23.0. The van der Waals surface area contributed by atoms with E-state index in [0.29, 0.717) is 11.4 Å². The molecule has 0 unspecified atom stereocenters. The minimum atomic E-state index is -0.448. The van der Waals surface area contributed by atoms with Crippen molar-refractivity contribution >= 4 is 17.6 Å². The third kappa shape index (κ3) is 4.91. The summed E-state index contributed by atoms with van der Waals surface area (Å²) in [5, 5.41) is 2.85. The molecule has 0 aliphatic carbocycles. The van der Waals surface area contributed by atoms with Crippen LogP contribution in [-0.2, 0) is 14.3 Å². The Hall–Kier alpha value is -2.04. The number of carbonyl (C=O) groups excluding carboxylic acids is 2. The molecule has 0 bridgehead atoms. The highest BCUT2D eigenvalue weighted by atomic mass is 16.6. The predicted octanol–water partition coefficient (Wildman–Crippen LogP) is 2.61. The van der Waals surface area contributed by atoms with Crippen molar-refractivity contribution in [3.63, 3.8) is 0 Å². The molecule has 0 aromatic heterocycles. The van der Waals surface area contributed by atoms with E-state index in [-0.39, 0.29) is 18.4 Å². The van der Waals surface area contributed by atoms with Gasteiger partial charge in [0, 0.05) is 17.7 Å². The number of hydrogen-bond donors (Lipinski definition) is 1. The molecular weight excluding hydrogens is 258 g/mol. The van der Waals surface area contributed by atoms with Gasteiger partial charge in [0.2, 0.25) is 5.91 Å². The number of nitrogens with one attached hydrogen (secondary N) is 1. The van der Waals surface area contributed by atoms with Crippen LogP contribution < -0.4 is 10.1 Å². The third-order valence-electron chi connectivity index (χ3n) is 3.04. The van der Waals surface area contributed by atoms with E-state index in [4.69, 9.17) is 4.74 Å². The van der Waals surface area contributed by atoms with Gasteiger partial charge in [-0.25, -0.2) is 4.79 Å². The average molecular weight is 279 g/mol. The van der Waals surface area contributed by atoms with E-state index in [0.717, 1.165) is 12.8 Å². The molecule has 110 valence electrons. The van der Waals surface area contributed by atoms with Crippen molar-refractivity contribution < 1.29 is 19.1 Å². The lowest BCUT2D eigenvalue weighted by Crippen LogP contribution is -2.21. The molecule has 0 aliphatic rings. The van der Waals surface area contributed by atoms with E-state index in [1.165, 1.54) is 7.11 Å². The van der Waals surface area contributed by atoms with Crippen LogP contribution in [0.2, 0.25) is 0 Å². The molecule has 0 spiro atoms. The molecule has 20 heavy (non-hydrogen) atoms. The van der Waals surface area contributed by atoms with Crippen molar-refractivity contribution in [2.75, 3.05) is 19.0 Å². The summed E-state index contributed by atoms with van der Waals surface area (Å²) >= 11 is 0. The van der Waals surface area contributed by atoms with E-state index in [2.05, 4.69) is 10.1 Å². The number of benzene rings is 1. The Morgan fingerprint density at radius 2 is 1.95 bits per heavy atom. The van der Waals surface area contributed by atoms with Crippen LogP contribution in [0, 0.1) is 5.92 Å². The second-order valence-corrected chi connectivity index (χ2v) is 4.40. The molecular formula is C15H21NO4. The highest BCUT2D eigenvalue weighted by Crippen LogP contribution is 2.19. The fourth-order valence-electron chi connectivity index (χ4n) is 1.77. The second-order valence-electron chi connectivity index (χ2n) is 4.40. The van der Waals surface area contributed by atoms with Crippen LogP contribution in [0.25, 0.3) is 0 Å². The Balaban J connectivity index is 2.63. The molecule has 5 nitrogen and oxygen atoms in total. The predicted molar refractivity (Wildman–Crippen MR) is 76.7 cm³/mol. The van der Waals surface area contributed by atoms with Gasteiger partial charge in [-0.15, -0.1) is 0 Å². The number of methoxy groups -OCH3 is 1. The van der Waals surface area contributed by atoms with Gasteiger partial charge in [-0.3, -0.25) is 4.79 Å². The van der Waals surface area contributed by atoms with E-state index >= 15 is 0 Å². The number of rotatable bonds is 7. The molecule has 1 aromatic carbocycles. The van der Waals surface area contributed by atoms with Crippen LogP contribution in [0.3, 0.4) is 0 Å². The van der Waals surface area contributed by atoms with Gasteiger partial charge < -0.3 is 14.8 Å². The van der Waals surface area contributed by atoms with Crippen molar-refractivity contribution in [1.29, 1.82) is 0 Å². The van der Waals surface area contributed by atoms with Gasteiger partial charge in [-0.05, 0) is 25.0 Å². The lowest BCUT2D eigenvalue weighted by Gasteiger charge is -2.13.